The van der Waals surface area contributed by atoms with Crippen molar-refractivity contribution in [2.24, 2.45) is 5.73 Å². The number of benzene rings is 1. The Morgan fingerprint density at radius 2 is 2.00 bits per heavy atom. The fourth-order valence-electron chi connectivity index (χ4n) is 1.62. The van der Waals surface area contributed by atoms with Gasteiger partial charge in [0.1, 0.15) is 0 Å². The van der Waals surface area contributed by atoms with E-state index >= 15 is 0 Å². The number of hydrogen-bond acceptors (Lipinski definition) is 3. The molecule has 0 aliphatic heterocycles. The molecule has 0 saturated carbocycles. The summed E-state index contributed by atoms with van der Waals surface area (Å²) in [6.07, 6.45) is 4.65. The van der Waals surface area contributed by atoms with E-state index in [4.69, 9.17) is 5.73 Å². The monoisotopic (exact) mass is 220 g/mol. The third-order valence-corrected chi connectivity index (χ3v) is 3.53. The first kappa shape index (κ1) is 10.6. The Morgan fingerprint density at radius 1 is 1.13 bits per heavy atom. The molecule has 0 amide bonds. The summed E-state index contributed by atoms with van der Waals surface area (Å²) in [5, 5.41) is 1.26. The van der Waals surface area contributed by atoms with Crippen LogP contribution in [-0.4, -0.2) is 11.5 Å². The maximum atomic E-state index is 5.46. The van der Waals surface area contributed by atoms with E-state index in [-0.39, 0.29) is 0 Å². The molecule has 15 heavy (non-hydrogen) atoms. The second kappa shape index (κ2) is 5.24. The van der Waals surface area contributed by atoms with E-state index in [0.29, 0.717) is 0 Å². The highest BCUT2D eigenvalue weighted by molar-refractivity contribution is 7.18. The van der Waals surface area contributed by atoms with Crippen molar-refractivity contribution in [3.63, 3.8) is 0 Å². The summed E-state index contributed by atoms with van der Waals surface area (Å²) in [6.45, 7) is 0.805. The van der Waals surface area contributed by atoms with Gasteiger partial charge in [-0.25, -0.2) is 4.98 Å². The number of nitrogens with two attached hydrogens (primary N) is 1. The lowest BCUT2D eigenvalue weighted by atomic mass is 10.2. The average Bonchev–Trinajstić information content (AvgIpc) is 2.67. The number of rotatable bonds is 5. The van der Waals surface area contributed by atoms with Gasteiger partial charge in [0.25, 0.3) is 0 Å². The number of aromatic nitrogens is 1. The molecule has 0 spiro atoms. The zero-order valence-electron chi connectivity index (χ0n) is 8.78. The van der Waals surface area contributed by atoms with Gasteiger partial charge in [0.15, 0.2) is 0 Å². The maximum Gasteiger partial charge on any atom is 0.0938 e. The molecular formula is C12H16N2S. The average molecular weight is 220 g/mol. The number of aryl methyl sites for hydroxylation is 1. The molecule has 0 aliphatic carbocycles. The summed E-state index contributed by atoms with van der Waals surface area (Å²) in [7, 11) is 0. The van der Waals surface area contributed by atoms with Crippen LogP contribution in [0.1, 0.15) is 24.3 Å². The van der Waals surface area contributed by atoms with Crippen LogP contribution < -0.4 is 5.73 Å². The van der Waals surface area contributed by atoms with E-state index in [9.17, 15) is 0 Å². The molecule has 3 heteroatoms. The molecule has 0 atom stereocenters. The van der Waals surface area contributed by atoms with E-state index in [0.717, 1.165) is 24.9 Å². The lowest BCUT2D eigenvalue weighted by molar-refractivity contribution is 0.685. The van der Waals surface area contributed by atoms with Crippen LogP contribution in [0.15, 0.2) is 24.3 Å². The van der Waals surface area contributed by atoms with Crippen molar-refractivity contribution in [3.8, 4) is 0 Å². The third kappa shape index (κ3) is 2.76. The Kier molecular flexibility index (Phi) is 3.69. The Hall–Kier alpha value is -0.930. The fraction of sp³-hybridized carbons (Fsp3) is 0.417. The molecule has 0 aliphatic rings. The molecule has 1 aromatic carbocycles. The van der Waals surface area contributed by atoms with Crippen molar-refractivity contribution in [1.82, 2.24) is 4.98 Å². The summed E-state index contributed by atoms with van der Waals surface area (Å²) in [4.78, 5) is 4.60. The largest absolute Gasteiger partial charge is 0.330 e. The molecule has 0 bridgehead atoms. The van der Waals surface area contributed by atoms with Gasteiger partial charge in [0, 0.05) is 0 Å². The third-order valence-electron chi connectivity index (χ3n) is 2.43. The van der Waals surface area contributed by atoms with Crippen LogP contribution in [0.2, 0.25) is 0 Å². The molecule has 2 rings (SSSR count). The second-order valence-corrected chi connectivity index (χ2v) is 4.79. The minimum Gasteiger partial charge on any atom is -0.330 e. The van der Waals surface area contributed by atoms with Gasteiger partial charge in [0.05, 0.1) is 15.2 Å². The number of para-hydroxylation sites is 1. The smallest absolute Gasteiger partial charge is 0.0938 e. The summed E-state index contributed by atoms with van der Waals surface area (Å²) in [6, 6.07) is 8.32. The summed E-state index contributed by atoms with van der Waals surface area (Å²) >= 11 is 1.81. The number of unbranched alkanes of at least 4 members (excludes halogenated alkanes) is 2. The number of fused-ring (bicyclic) bond motifs is 1. The Morgan fingerprint density at radius 3 is 2.80 bits per heavy atom. The standard InChI is InChI=1S/C12H16N2S/c13-9-5-1-2-8-12-14-10-6-3-4-7-11(10)15-12/h3-4,6-7H,1-2,5,8-9,13H2. The Labute approximate surface area is 94.1 Å². The summed E-state index contributed by atoms with van der Waals surface area (Å²) < 4.78 is 1.30. The molecular weight excluding hydrogens is 204 g/mol. The van der Waals surface area contributed by atoms with Crippen LogP contribution in [0.5, 0.6) is 0 Å². The van der Waals surface area contributed by atoms with Crippen molar-refractivity contribution >= 4 is 21.6 Å². The number of hydrogen-bond donors (Lipinski definition) is 1. The van der Waals surface area contributed by atoms with Gasteiger partial charge in [-0.2, -0.15) is 0 Å². The first-order chi connectivity index (χ1) is 7.40. The van der Waals surface area contributed by atoms with Crippen LogP contribution in [0, 0.1) is 0 Å². The highest BCUT2D eigenvalue weighted by atomic mass is 32.1. The lowest BCUT2D eigenvalue weighted by Gasteiger charge is -1.95. The highest BCUT2D eigenvalue weighted by Crippen LogP contribution is 2.22. The van der Waals surface area contributed by atoms with E-state index < -0.39 is 0 Å². The molecule has 2 nitrogen and oxygen atoms in total. The summed E-state index contributed by atoms with van der Waals surface area (Å²) in [5.74, 6) is 0. The predicted molar refractivity (Wildman–Crippen MR) is 66.2 cm³/mol. The first-order valence-corrected chi connectivity index (χ1v) is 6.26. The minimum atomic E-state index is 0.805. The van der Waals surface area contributed by atoms with E-state index in [1.54, 1.807) is 0 Å². The van der Waals surface area contributed by atoms with Crippen molar-refractivity contribution in [2.75, 3.05) is 6.54 Å². The molecule has 0 saturated heterocycles. The predicted octanol–water partition coefficient (Wildman–Crippen LogP) is 2.97. The van der Waals surface area contributed by atoms with Crippen LogP contribution in [0.25, 0.3) is 10.2 Å². The normalized spacial score (nSPS) is 11.0. The van der Waals surface area contributed by atoms with Crippen molar-refractivity contribution < 1.29 is 0 Å². The fourth-order valence-corrected chi connectivity index (χ4v) is 2.63. The van der Waals surface area contributed by atoms with E-state index in [2.05, 4.69) is 23.2 Å². The van der Waals surface area contributed by atoms with Gasteiger partial charge in [-0.1, -0.05) is 18.6 Å². The van der Waals surface area contributed by atoms with Crippen LogP contribution in [0.3, 0.4) is 0 Å². The van der Waals surface area contributed by atoms with Gasteiger partial charge in [-0.05, 0) is 37.9 Å². The van der Waals surface area contributed by atoms with Gasteiger partial charge >= 0.3 is 0 Å². The van der Waals surface area contributed by atoms with Gasteiger partial charge in [-0.3, -0.25) is 0 Å². The van der Waals surface area contributed by atoms with Gasteiger partial charge in [-0.15, -0.1) is 11.3 Å². The highest BCUT2D eigenvalue weighted by Gasteiger charge is 2.01. The second-order valence-electron chi connectivity index (χ2n) is 3.67. The lowest BCUT2D eigenvalue weighted by Crippen LogP contribution is -1.98. The maximum absolute atomic E-state index is 5.46. The van der Waals surface area contributed by atoms with Crippen LogP contribution in [-0.2, 0) is 6.42 Å². The topological polar surface area (TPSA) is 38.9 Å². The zero-order valence-corrected chi connectivity index (χ0v) is 9.59. The zero-order chi connectivity index (χ0) is 10.5. The van der Waals surface area contributed by atoms with E-state index in [1.807, 2.05) is 17.4 Å². The van der Waals surface area contributed by atoms with Crippen molar-refractivity contribution in [1.29, 1.82) is 0 Å². The molecule has 0 unspecified atom stereocenters. The van der Waals surface area contributed by atoms with Crippen LogP contribution >= 0.6 is 11.3 Å². The molecule has 2 N–H and O–H groups in total. The van der Waals surface area contributed by atoms with Gasteiger partial charge in [0.2, 0.25) is 0 Å². The molecule has 80 valence electrons. The first-order valence-electron chi connectivity index (χ1n) is 5.44. The SMILES string of the molecule is NCCCCCc1nc2ccccc2s1. The molecule has 0 radical (unpaired) electrons. The Bertz CT molecular complexity index is 389. The molecule has 1 aromatic heterocycles. The van der Waals surface area contributed by atoms with Crippen LogP contribution in [0.4, 0.5) is 0 Å². The van der Waals surface area contributed by atoms with Crippen molar-refractivity contribution in [2.45, 2.75) is 25.7 Å². The minimum absolute atomic E-state index is 0.805. The molecule has 2 aromatic rings. The molecule has 0 fully saturated rings. The van der Waals surface area contributed by atoms with Crippen molar-refractivity contribution in [3.05, 3.63) is 29.3 Å². The van der Waals surface area contributed by atoms with E-state index in [1.165, 1.54) is 22.5 Å². The van der Waals surface area contributed by atoms with Gasteiger partial charge < -0.3 is 5.73 Å². The molecule has 1 heterocycles. The Balaban J connectivity index is 1.97. The number of thiazole rings is 1. The quantitative estimate of drug-likeness (QED) is 0.787. The number of nitrogens with zero attached hydrogens (tertiary/aromatic N) is 1. The summed E-state index contributed by atoms with van der Waals surface area (Å²) in [5.41, 5.74) is 6.59.